The average molecular weight is 432 g/mol. The van der Waals surface area contributed by atoms with Gasteiger partial charge in [0.15, 0.2) is 0 Å². The molecule has 2 heterocycles. The molecule has 2 aliphatic rings. The Hall–Kier alpha value is -2.57. The summed E-state index contributed by atoms with van der Waals surface area (Å²) in [7, 11) is 1.57. The molecule has 0 aliphatic carbocycles. The standard InChI is InChI=1S/C21H19Cl2N3O3/c1-24-18(27)12-2-5-17-15(10-12)21(20(29)25-17)6-8-26(9-7-21)19(28)14-4-3-13(22)11-16(14)23/h2-5,10-11H,6-9H2,1H3,(H,24,27)(H,25,29). The maximum atomic E-state index is 12.9. The van der Waals surface area contributed by atoms with Gasteiger partial charge in [0, 0.05) is 36.4 Å². The molecule has 29 heavy (non-hydrogen) atoms. The first-order valence-electron chi connectivity index (χ1n) is 9.28. The lowest BCUT2D eigenvalue weighted by molar-refractivity contribution is -0.122. The molecule has 2 aliphatic heterocycles. The number of anilines is 1. The van der Waals surface area contributed by atoms with Gasteiger partial charge in [-0.15, -0.1) is 0 Å². The molecule has 1 spiro atoms. The fourth-order valence-electron chi connectivity index (χ4n) is 4.12. The molecule has 0 unspecified atom stereocenters. The van der Waals surface area contributed by atoms with Crippen molar-refractivity contribution in [1.29, 1.82) is 0 Å². The molecule has 1 saturated heterocycles. The fraction of sp³-hybridized carbons (Fsp3) is 0.286. The molecule has 0 radical (unpaired) electrons. The number of carbonyl (C=O) groups excluding carboxylic acids is 3. The second kappa shape index (κ2) is 7.35. The molecular formula is C21H19Cl2N3O3. The van der Waals surface area contributed by atoms with Crippen LogP contribution in [0, 0.1) is 0 Å². The van der Waals surface area contributed by atoms with Gasteiger partial charge in [-0.1, -0.05) is 23.2 Å². The van der Waals surface area contributed by atoms with Crippen LogP contribution >= 0.6 is 23.2 Å². The molecule has 4 rings (SSSR count). The van der Waals surface area contributed by atoms with E-state index in [1.807, 2.05) is 0 Å². The van der Waals surface area contributed by atoms with Gasteiger partial charge in [-0.3, -0.25) is 14.4 Å². The Labute approximate surface area is 178 Å². The molecule has 2 N–H and O–H groups in total. The highest BCUT2D eigenvalue weighted by molar-refractivity contribution is 6.36. The lowest BCUT2D eigenvalue weighted by Gasteiger charge is -2.38. The number of hydrogen-bond donors (Lipinski definition) is 2. The topological polar surface area (TPSA) is 78.5 Å². The number of hydrogen-bond acceptors (Lipinski definition) is 3. The molecule has 2 aromatic carbocycles. The maximum absolute atomic E-state index is 12.9. The number of nitrogens with one attached hydrogen (secondary N) is 2. The summed E-state index contributed by atoms with van der Waals surface area (Å²) in [5, 5.41) is 6.30. The lowest BCUT2D eigenvalue weighted by atomic mass is 9.73. The quantitative estimate of drug-likeness (QED) is 0.763. The summed E-state index contributed by atoms with van der Waals surface area (Å²) in [4.78, 5) is 39.5. The Balaban J connectivity index is 1.58. The Bertz CT molecular complexity index is 1030. The van der Waals surface area contributed by atoms with Gasteiger partial charge >= 0.3 is 0 Å². The van der Waals surface area contributed by atoms with Crippen LogP contribution in [0.15, 0.2) is 36.4 Å². The van der Waals surface area contributed by atoms with E-state index >= 15 is 0 Å². The van der Waals surface area contributed by atoms with Crippen molar-refractivity contribution < 1.29 is 14.4 Å². The highest BCUT2D eigenvalue weighted by atomic mass is 35.5. The van der Waals surface area contributed by atoms with E-state index in [0.29, 0.717) is 47.1 Å². The zero-order valence-corrected chi connectivity index (χ0v) is 17.2. The monoisotopic (exact) mass is 431 g/mol. The van der Waals surface area contributed by atoms with Crippen molar-refractivity contribution in [3.05, 3.63) is 63.1 Å². The number of nitrogens with zero attached hydrogens (tertiary/aromatic N) is 1. The zero-order valence-electron chi connectivity index (χ0n) is 15.7. The first-order chi connectivity index (χ1) is 13.9. The lowest BCUT2D eigenvalue weighted by Crippen LogP contribution is -2.48. The van der Waals surface area contributed by atoms with Gasteiger partial charge in [0.2, 0.25) is 5.91 Å². The van der Waals surface area contributed by atoms with Crippen LogP contribution in [0.3, 0.4) is 0 Å². The second-order valence-electron chi connectivity index (χ2n) is 7.29. The van der Waals surface area contributed by atoms with E-state index in [-0.39, 0.29) is 17.7 Å². The first-order valence-corrected chi connectivity index (χ1v) is 10.0. The molecule has 0 atom stereocenters. The first kappa shape index (κ1) is 19.7. The molecule has 8 heteroatoms. The summed E-state index contributed by atoms with van der Waals surface area (Å²) in [6, 6.07) is 10.0. The van der Waals surface area contributed by atoms with Crippen LogP contribution in [-0.4, -0.2) is 42.8 Å². The number of fused-ring (bicyclic) bond motifs is 2. The third-order valence-electron chi connectivity index (χ3n) is 5.77. The minimum atomic E-state index is -0.736. The summed E-state index contributed by atoms with van der Waals surface area (Å²) in [5.41, 5.74) is 1.71. The SMILES string of the molecule is CNC(=O)c1ccc2c(c1)C1(CCN(C(=O)c3ccc(Cl)cc3Cl)CC1)C(=O)N2. The van der Waals surface area contributed by atoms with Crippen LogP contribution in [0.1, 0.15) is 39.1 Å². The van der Waals surface area contributed by atoms with Gasteiger partial charge in [0.05, 0.1) is 16.0 Å². The van der Waals surface area contributed by atoms with E-state index in [4.69, 9.17) is 23.2 Å². The predicted octanol–water partition coefficient (Wildman–Crippen LogP) is 3.48. The third kappa shape index (κ3) is 3.26. The molecule has 0 saturated carbocycles. The van der Waals surface area contributed by atoms with Gasteiger partial charge in [0.1, 0.15) is 0 Å². The summed E-state index contributed by atoms with van der Waals surface area (Å²) >= 11 is 12.1. The van der Waals surface area contributed by atoms with Crippen LogP contribution in [0.5, 0.6) is 0 Å². The number of likely N-dealkylation sites (tertiary alicyclic amines) is 1. The van der Waals surface area contributed by atoms with Crippen LogP contribution in [0.25, 0.3) is 0 Å². The van der Waals surface area contributed by atoms with Crippen molar-refractivity contribution in [3.8, 4) is 0 Å². The highest BCUT2D eigenvalue weighted by Gasteiger charge is 2.49. The van der Waals surface area contributed by atoms with E-state index in [1.54, 1.807) is 48.3 Å². The van der Waals surface area contributed by atoms with Crippen molar-refractivity contribution in [1.82, 2.24) is 10.2 Å². The van der Waals surface area contributed by atoms with Crippen LogP contribution < -0.4 is 10.6 Å². The number of piperidine rings is 1. The molecule has 0 aromatic heterocycles. The smallest absolute Gasteiger partial charge is 0.255 e. The predicted molar refractivity (Wildman–Crippen MR) is 112 cm³/mol. The van der Waals surface area contributed by atoms with Crippen molar-refractivity contribution in [2.75, 3.05) is 25.5 Å². The number of halogens is 2. The minimum absolute atomic E-state index is 0.0850. The van der Waals surface area contributed by atoms with Crippen molar-refractivity contribution in [2.45, 2.75) is 18.3 Å². The number of amides is 3. The fourth-order valence-corrected chi connectivity index (χ4v) is 4.61. The van der Waals surface area contributed by atoms with E-state index in [9.17, 15) is 14.4 Å². The van der Waals surface area contributed by atoms with E-state index in [0.717, 1.165) is 11.3 Å². The van der Waals surface area contributed by atoms with Crippen LogP contribution in [-0.2, 0) is 10.2 Å². The highest BCUT2D eigenvalue weighted by Crippen LogP contribution is 2.45. The Morgan fingerprint density at radius 2 is 1.83 bits per heavy atom. The van der Waals surface area contributed by atoms with Gasteiger partial charge in [-0.2, -0.15) is 0 Å². The largest absolute Gasteiger partial charge is 0.355 e. The summed E-state index contributed by atoms with van der Waals surface area (Å²) < 4.78 is 0. The van der Waals surface area contributed by atoms with Gasteiger partial charge < -0.3 is 15.5 Å². The van der Waals surface area contributed by atoms with Crippen LogP contribution in [0.2, 0.25) is 10.0 Å². The normalized spacial score (nSPS) is 17.1. The zero-order chi connectivity index (χ0) is 20.8. The van der Waals surface area contributed by atoms with Crippen molar-refractivity contribution >= 4 is 46.6 Å². The van der Waals surface area contributed by atoms with Gasteiger partial charge in [0.25, 0.3) is 11.8 Å². The van der Waals surface area contributed by atoms with Crippen molar-refractivity contribution in [2.24, 2.45) is 0 Å². The van der Waals surface area contributed by atoms with E-state index in [1.165, 1.54) is 0 Å². The molecule has 2 aromatic rings. The molecule has 150 valence electrons. The number of carbonyl (C=O) groups is 3. The molecule has 3 amide bonds. The van der Waals surface area contributed by atoms with E-state index in [2.05, 4.69) is 10.6 Å². The number of rotatable bonds is 2. The van der Waals surface area contributed by atoms with Gasteiger partial charge in [-0.05, 0) is 54.8 Å². The van der Waals surface area contributed by atoms with Crippen molar-refractivity contribution in [3.63, 3.8) is 0 Å². The molecule has 6 nitrogen and oxygen atoms in total. The summed E-state index contributed by atoms with van der Waals surface area (Å²) in [6.07, 6.45) is 0.944. The van der Waals surface area contributed by atoms with E-state index < -0.39 is 5.41 Å². The second-order valence-corrected chi connectivity index (χ2v) is 8.14. The third-order valence-corrected chi connectivity index (χ3v) is 6.32. The molecule has 1 fully saturated rings. The molecule has 0 bridgehead atoms. The maximum Gasteiger partial charge on any atom is 0.255 e. The number of benzene rings is 2. The van der Waals surface area contributed by atoms with Crippen LogP contribution in [0.4, 0.5) is 5.69 Å². The Kier molecular flexibility index (Phi) is 5.00. The van der Waals surface area contributed by atoms with Gasteiger partial charge in [-0.25, -0.2) is 0 Å². The Morgan fingerprint density at radius 1 is 1.10 bits per heavy atom. The summed E-state index contributed by atoms with van der Waals surface area (Å²) in [5.74, 6) is -0.468. The minimum Gasteiger partial charge on any atom is -0.355 e. The average Bonchev–Trinajstić information content (AvgIpc) is 2.98. The Morgan fingerprint density at radius 3 is 2.48 bits per heavy atom. The summed E-state index contributed by atoms with van der Waals surface area (Å²) in [6.45, 7) is 0.823. The molecular weight excluding hydrogens is 413 g/mol.